The maximum Gasteiger partial charge on any atom is 0.239 e. The Morgan fingerprint density at radius 1 is 1.45 bits per heavy atom. The van der Waals surface area contributed by atoms with Crippen LogP contribution in [0.3, 0.4) is 0 Å². The third-order valence-electron chi connectivity index (χ3n) is 3.97. The Hall–Kier alpha value is -1.89. The molecule has 7 heteroatoms. The number of nitrogens with two attached hydrogens (primary N) is 2. The topological polar surface area (TPSA) is 110 Å². The van der Waals surface area contributed by atoms with Crippen LogP contribution < -0.4 is 21.7 Å². The summed E-state index contributed by atoms with van der Waals surface area (Å²) in [5.74, 6) is 1.26. The summed E-state index contributed by atoms with van der Waals surface area (Å²) < 4.78 is 0. The average Bonchev–Trinajstić information content (AvgIpc) is 2.43. The highest BCUT2D eigenvalue weighted by Crippen LogP contribution is 2.35. The van der Waals surface area contributed by atoms with Gasteiger partial charge in [-0.1, -0.05) is 13.3 Å². The molecule has 0 saturated heterocycles. The Morgan fingerprint density at radius 3 is 2.82 bits per heavy atom. The number of likely N-dealkylation sites (N-methyl/N-ethyl adjacent to an activating group) is 1. The fourth-order valence-electron chi connectivity index (χ4n) is 2.54. The molecule has 0 bridgehead atoms. The Kier molecular flexibility index (Phi) is 5.54. The summed E-state index contributed by atoms with van der Waals surface area (Å²) >= 11 is 0. The molecule has 22 heavy (non-hydrogen) atoms. The van der Waals surface area contributed by atoms with Gasteiger partial charge in [0.2, 0.25) is 11.9 Å². The van der Waals surface area contributed by atoms with E-state index in [4.69, 9.17) is 11.5 Å². The first-order valence-corrected chi connectivity index (χ1v) is 7.87. The first-order chi connectivity index (χ1) is 10.5. The van der Waals surface area contributed by atoms with Crippen molar-refractivity contribution >= 4 is 17.7 Å². The molecular formula is C15H26N6O. The van der Waals surface area contributed by atoms with E-state index in [1.807, 2.05) is 13.1 Å². The van der Waals surface area contributed by atoms with E-state index in [0.29, 0.717) is 18.3 Å². The van der Waals surface area contributed by atoms with Crippen molar-refractivity contribution in [3.8, 4) is 0 Å². The lowest BCUT2D eigenvalue weighted by Crippen LogP contribution is -2.37. The van der Waals surface area contributed by atoms with Crippen LogP contribution in [0.4, 0.5) is 11.8 Å². The lowest BCUT2D eigenvalue weighted by molar-refractivity contribution is -0.119. The first kappa shape index (κ1) is 16.5. The number of hydrogen-bond acceptors (Lipinski definition) is 6. The minimum atomic E-state index is -0.0136. The average molecular weight is 306 g/mol. The molecule has 122 valence electrons. The number of unbranched alkanes of at least 4 members (excludes halogenated alkanes) is 1. The van der Waals surface area contributed by atoms with Crippen LogP contribution in [0.1, 0.15) is 44.2 Å². The maximum absolute atomic E-state index is 11.9. The summed E-state index contributed by atoms with van der Waals surface area (Å²) in [5.41, 5.74) is 12.5. The number of nitrogens with one attached hydrogen (secondary N) is 1. The van der Waals surface area contributed by atoms with Crippen molar-refractivity contribution in [1.29, 1.82) is 0 Å². The van der Waals surface area contributed by atoms with Crippen molar-refractivity contribution < 1.29 is 4.79 Å². The highest BCUT2D eigenvalue weighted by molar-refractivity contribution is 5.80. The molecule has 0 aromatic carbocycles. The Balaban J connectivity index is 1.97. The lowest BCUT2D eigenvalue weighted by Gasteiger charge is -2.32. The molecule has 1 aromatic heterocycles. The van der Waals surface area contributed by atoms with E-state index >= 15 is 0 Å². The molecule has 0 unspecified atom stereocenters. The maximum atomic E-state index is 11.9. The number of rotatable bonds is 7. The quantitative estimate of drug-likeness (QED) is 0.637. The van der Waals surface area contributed by atoms with Crippen molar-refractivity contribution in [2.75, 3.05) is 30.8 Å². The number of nitrogen functional groups attached to an aromatic ring is 1. The zero-order valence-electron chi connectivity index (χ0n) is 13.4. The van der Waals surface area contributed by atoms with Crippen LogP contribution in [0.25, 0.3) is 0 Å². The second-order valence-electron chi connectivity index (χ2n) is 6.00. The van der Waals surface area contributed by atoms with Crippen molar-refractivity contribution in [2.45, 2.75) is 44.6 Å². The van der Waals surface area contributed by atoms with E-state index in [1.165, 1.54) is 0 Å². The van der Waals surface area contributed by atoms with Gasteiger partial charge >= 0.3 is 0 Å². The second kappa shape index (κ2) is 7.40. The van der Waals surface area contributed by atoms with Gasteiger partial charge in [-0.15, -0.1) is 0 Å². The van der Waals surface area contributed by atoms with E-state index in [2.05, 4.69) is 22.2 Å². The molecule has 1 saturated carbocycles. The van der Waals surface area contributed by atoms with Gasteiger partial charge in [0, 0.05) is 31.6 Å². The minimum absolute atomic E-state index is 0.0136. The Morgan fingerprint density at radius 2 is 2.18 bits per heavy atom. The SMILES string of the molecule is CCCCNC(=O)CN(C)c1cc(C2CC(N)C2)nc(N)n1. The number of carbonyl (C=O) groups excluding carboxylic acids is 1. The molecule has 1 aromatic rings. The van der Waals surface area contributed by atoms with E-state index < -0.39 is 0 Å². The minimum Gasteiger partial charge on any atom is -0.368 e. The van der Waals surface area contributed by atoms with Crippen LogP contribution in [-0.2, 0) is 4.79 Å². The smallest absolute Gasteiger partial charge is 0.239 e. The van der Waals surface area contributed by atoms with Gasteiger partial charge in [0.15, 0.2) is 0 Å². The van der Waals surface area contributed by atoms with Crippen LogP contribution in [0.15, 0.2) is 6.07 Å². The van der Waals surface area contributed by atoms with Gasteiger partial charge in [-0.3, -0.25) is 4.79 Å². The Labute approximate surface area is 131 Å². The van der Waals surface area contributed by atoms with Gasteiger partial charge in [0.25, 0.3) is 0 Å². The van der Waals surface area contributed by atoms with E-state index in [9.17, 15) is 4.79 Å². The van der Waals surface area contributed by atoms with Crippen molar-refractivity contribution in [1.82, 2.24) is 15.3 Å². The largest absolute Gasteiger partial charge is 0.368 e. The van der Waals surface area contributed by atoms with Crippen molar-refractivity contribution in [3.63, 3.8) is 0 Å². The Bertz CT molecular complexity index is 515. The third-order valence-corrected chi connectivity index (χ3v) is 3.97. The third kappa shape index (κ3) is 4.30. The number of nitrogens with zero attached hydrogens (tertiary/aromatic N) is 3. The predicted molar refractivity (Wildman–Crippen MR) is 87.6 cm³/mol. The fourth-order valence-corrected chi connectivity index (χ4v) is 2.54. The summed E-state index contributed by atoms with van der Waals surface area (Å²) in [6, 6.07) is 2.17. The van der Waals surface area contributed by atoms with E-state index in [1.54, 1.807) is 4.90 Å². The second-order valence-corrected chi connectivity index (χ2v) is 6.00. The number of aromatic nitrogens is 2. The van der Waals surface area contributed by atoms with Gasteiger partial charge < -0.3 is 21.7 Å². The van der Waals surface area contributed by atoms with Crippen LogP contribution in [0, 0.1) is 0 Å². The highest BCUT2D eigenvalue weighted by Gasteiger charge is 2.29. The number of amides is 1. The molecule has 1 fully saturated rings. The summed E-state index contributed by atoms with van der Waals surface area (Å²) in [6.45, 7) is 3.06. The molecule has 0 atom stereocenters. The number of hydrogen-bond donors (Lipinski definition) is 3. The molecule has 0 spiro atoms. The standard InChI is InChI=1S/C15H26N6O/c1-3-4-5-18-14(22)9-21(2)13-8-12(19-15(17)20-13)10-6-11(16)7-10/h8,10-11H,3-7,9,16H2,1-2H3,(H,18,22)(H2,17,19,20). The summed E-state index contributed by atoms with van der Waals surface area (Å²) in [7, 11) is 1.83. The number of carbonyl (C=O) groups is 1. The number of anilines is 2. The van der Waals surface area contributed by atoms with E-state index in [-0.39, 0.29) is 24.4 Å². The van der Waals surface area contributed by atoms with Crippen LogP contribution in [-0.4, -0.2) is 42.1 Å². The predicted octanol–water partition coefficient (Wildman–Crippen LogP) is 0.616. The monoisotopic (exact) mass is 306 g/mol. The lowest BCUT2D eigenvalue weighted by atomic mass is 9.78. The van der Waals surface area contributed by atoms with Gasteiger partial charge in [0.1, 0.15) is 5.82 Å². The van der Waals surface area contributed by atoms with Crippen LogP contribution >= 0.6 is 0 Å². The van der Waals surface area contributed by atoms with E-state index in [0.717, 1.165) is 31.4 Å². The van der Waals surface area contributed by atoms with Gasteiger partial charge in [-0.25, -0.2) is 4.98 Å². The summed E-state index contributed by atoms with van der Waals surface area (Å²) in [6.07, 6.45) is 3.90. The molecule has 1 amide bonds. The molecule has 0 aliphatic heterocycles. The molecular weight excluding hydrogens is 280 g/mol. The molecule has 0 radical (unpaired) electrons. The summed E-state index contributed by atoms with van der Waals surface area (Å²) in [4.78, 5) is 22.2. The van der Waals surface area contributed by atoms with Crippen molar-refractivity contribution in [2.24, 2.45) is 5.73 Å². The van der Waals surface area contributed by atoms with Crippen LogP contribution in [0.5, 0.6) is 0 Å². The molecule has 1 aliphatic rings. The molecule has 1 aliphatic carbocycles. The fraction of sp³-hybridized carbons (Fsp3) is 0.667. The molecule has 1 heterocycles. The zero-order chi connectivity index (χ0) is 16.1. The van der Waals surface area contributed by atoms with Gasteiger partial charge in [0.05, 0.1) is 12.2 Å². The molecule has 2 rings (SSSR count). The van der Waals surface area contributed by atoms with Crippen LogP contribution in [0.2, 0.25) is 0 Å². The first-order valence-electron chi connectivity index (χ1n) is 7.87. The van der Waals surface area contributed by atoms with Gasteiger partial charge in [-0.05, 0) is 19.3 Å². The normalized spacial score (nSPS) is 20.3. The molecule has 7 nitrogen and oxygen atoms in total. The zero-order valence-corrected chi connectivity index (χ0v) is 13.4. The highest BCUT2D eigenvalue weighted by atomic mass is 16.2. The van der Waals surface area contributed by atoms with Gasteiger partial charge in [-0.2, -0.15) is 4.98 Å². The summed E-state index contributed by atoms with van der Waals surface area (Å²) in [5, 5.41) is 2.89. The molecule has 5 N–H and O–H groups in total. The van der Waals surface area contributed by atoms with Crippen molar-refractivity contribution in [3.05, 3.63) is 11.8 Å².